The van der Waals surface area contributed by atoms with Gasteiger partial charge < -0.3 is 0 Å². The molecule has 4 aromatic carbocycles. The van der Waals surface area contributed by atoms with Gasteiger partial charge in [0.15, 0.2) is 0 Å². The van der Waals surface area contributed by atoms with Crippen LogP contribution < -0.4 is 8.92 Å². The van der Waals surface area contributed by atoms with E-state index in [0.29, 0.717) is 26.3 Å². The molecule has 0 bridgehead atoms. The Morgan fingerprint density at radius 1 is 0.478 bits per heavy atom. The van der Waals surface area contributed by atoms with Gasteiger partial charge in [-0.05, 0) is 0 Å². The third-order valence-corrected chi connectivity index (χ3v) is 17.2. The Hall–Kier alpha value is -2.60. The molecule has 46 heavy (non-hydrogen) atoms. The zero-order valence-electron chi connectivity index (χ0n) is 29.5. The van der Waals surface area contributed by atoms with Crippen molar-refractivity contribution in [3.8, 4) is 0 Å². The van der Waals surface area contributed by atoms with Crippen molar-refractivity contribution in [1.29, 1.82) is 0 Å². The fourth-order valence-corrected chi connectivity index (χ4v) is 12.8. The third-order valence-electron chi connectivity index (χ3n) is 10.0. The summed E-state index contributed by atoms with van der Waals surface area (Å²) in [6.45, 7) is 23.4. The molecule has 0 radical (unpaired) electrons. The normalized spacial score (nSPS) is 17.1. The summed E-state index contributed by atoms with van der Waals surface area (Å²) in [7, 11) is 0. The van der Waals surface area contributed by atoms with Gasteiger partial charge in [0, 0.05) is 0 Å². The van der Waals surface area contributed by atoms with Gasteiger partial charge in [-0.2, -0.15) is 0 Å². The van der Waals surface area contributed by atoms with Gasteiger partial charge in [0.2, 0.25) is 0 Å². The zero-order chi connectivity index (χ0) is 33.1. The van der Waals surface area contributed by atoms with Crippen molar-refractivity contribution in [2.24, 2.45) is 0 Å². The van der Waals surface area contributed by atoms with Crippen LogP contribution in [0.3, 0.4) is 0 Å². The Morgan fingerprint density at radius 2 is 0.826 bits per heavy atom. The summed E-state index contributed by atoms with van der Waals surface area (Å²) in [6.07, 6.45) is 7.10. The maximum atomic E-state index is 2.55. The quantitative estimate of drug-likeness (QED) is 0.179. The first-order chi connectivity index (χ1) is 21.5. The van der Waals surface area contributed by atoms with E-state index in [1.807, 2.05) is 0 Å². The monoisotopic (exact) mass is 738 g/mol. The van der Waals surface area contributed by atoms with Crippen LogP contribution in [-0.4, -0.2) is 26.3 Å². The van der Waals surface area contributed by atoms with Crippen LogP contribution in [0, 0.1) is 0 Å². The van der Waals surface area contributed by atoms with Gasteiger partial charge in [0.05, 0.1) is 0 Å². The first kappa shape index (κ1) is 33.3. The molecule has 0 nitrogen and oxygen atoms in total. The molecule has 0 aliphatic heterocycles. The topological polar surface area (TPSA) is 0 Å². The molecule has 0 atom stereocenters. The van der Waals surface area contributed by atoms with Crippen LogP contribution in [0.15, 0.2) is 97.1 Å². The first-order valence-corrected chi connectivity index (χ1v) is 22.8. The molecule has 2 heteroatoms. The average molecular weight is 737 g/mol. The van der Waals surface area contributed by atoms with E-state index in [0.717, 1.165) is 12.8 Å². The van der Waals surface area contributed by atoms with Crippen LogP contribution in [0.1, 0.15) is 127 Å². The summed E-state index contributed by atoms with van der Waals surface area (Å²) in [5, 5.41) is 0. The third kappa shape index (κ3) is 6.70. The molecule has 0 aromatic heterocycles. The van der Waals surface area contributed by atoms with E-state index in [9.17, 15) is 0 Å². The van der Waals surface area contributed by atoms with E-state index in [1.165, 1.54) is 64.6 Å². The van der Waals surface area contributed by atoms with Gasteiger partial charge in [0.25, 0.3) is 0 Å². The van der Waals surface area contributed by atoms with Crippen molar-refractivity contribution < 1.29 is 0 Å². The maximum absolute atomic E-state index is 2.55. The molecule has 2 aliphatic rings. The number of hydrogen-bond donors (Lipinski definition) is 0. The molecule has 4 aromatic rings. The van der Waals surface area contributed by atoms with Crippen LogP contribution in [0.25, 0.3) is 11.1 Å². The van der Waals surface area contributed by atoms with Crippen molar-refractivity contribution in [3.05, 3.63) is 142 Å². The molecule has 0 saturated heterocycles. The van der Waals surface area contributed by atoms with E-state index in [-0.39, 0.29) is 21.7 Å². The molecule has 0 fully saturated rings. The first-order valence-electron chi connectivity index (χ1n) is 16.8. The number of hydrogen-bond acceptors (Lipinski definition) is 0. The molecule has 6 rings (SSSR count). The molecule has 0 spiro atoms. The fraction of sp³-hybridized carbons (Fsp3) is 0.364. The summed E-state index contributed by atoms with van der Waals surface area (Å²) in [5.74, 6) is 0. The van der Waals surface area contributed by atoms with Crippen LogP contribution in [0.4, 0.5) is 0 Å². The van der Waals surface area contributed by atoms with Crippen molar-refractivity contribution >= 4 is 46.3 Å². The van der Waals surface area contributed by atoms with Gasteiger partial charge in [-0.1, -0.05) is 0 Å². The minimum atomic E-state index is 0.146. The van der Waals surface area contributed by atoms with Crippen molar-refractivity contribution in [1.82, 2.24) is 0 Å². The molecule has 0 N–H and O–H groups in total. The van der Waals surface area contributed by atoms with E-state index in [2.05, 4.69) is 166 Å². The van der Waals surface area contributed by atoms with Crippen LogP contribution >= 0.6 is 0 Å². The summed E-state index contributed by atoms with van der Waals surface area (Å²) in [6, 6.07) is 33.4. The predicted octanol–water partition coefficient (Wildman–Crippen LogP) is 9.78. The second kappa shape index (κ2) is 12.1. The van der Waals surface area contributed by atoms with Crippen LogP contribution in [0.2, 0.25) is 0 Å². The number of rotatable bonds is 5. The van der Waals surface area contributed by atoms with Gasteiger partial charge in [-0.15, -0.1) is 0 Å². The number of allylic oxidation sites excluding steroid dienone is 2. The van der Waals surface area contributed by atoms with Gasteiger partial charge in [-0.3, -0.25) is 0 Å². The molecule has 0 unspecified atom stereocenters. The Bertz CT molecular complexity index is 1680. The van der Waals surface area contributed by atoms with Gasteiger partial charge >= 0.3 is 292 Å². The van der Waals surface area contributed by atoms with Crippen molar-refractivity contribution in [2.45, 2.75) is 104 Å². The molecule has 0 amide bonds. The van der Waals surface area contributed by atoms with E-state index in [1.54, 1.807) is 0 Å². The second-order valence-electron chi connectivity index (χ2n) is 16.6. The Morgan fingerprint density at radius 3 is 1.15 bits per heavy atom. The van der Waals surface area contributed by atoms with E-state index in [4.69, 9.17) is 0 Å². The second-order valence-corrected chi connectivity index (χ2v) is 23.0. The Balaban J connectivity index is 1.24. The SMILES string of the molecule is CC(C)(C)c1ccc(C2=CCC(C)(C)c3cc([Se][Se]c4ccc5c(c4)C(C)(C)CC=C5c4ccc(C(C)(C)C)cc4)ccc32)cc1. The fourth-order valence-electron chi connectivity index (χ4n) is 6.84. The summed E-state index contributed by atoms with van der Waals surface area (Å²) in [4.78, 5) is 0. The molecule has 238 valence electrons. The Labute approximate surface area is 290 Å². The van der Waals surface area contributed by atoms with Crippen molar-refractivity contribution in [3.63, 3.8) is 0 Å². The van der Waals surface area contributed by atoms with E-state index >= 15 is 0 Å². The standard InChI is InChI=1S/C44H50Se2/c1-41(2,3)31-15-11-29(12-16-31)35-23-25-43(7,8)39-27-33(19-21-37(35)39)45-46-34-20-22-38-36(24-26-44(9,10)40(38)28-34)30-13-17-32(18-14-30)42(4,5)6/h11-24,27-28H,25-26H2,1-10H3. The van der Waals surface area contributed by atoms with Crippen LogP contribution in [-0.2, 0) is 21.7 Å². The van der Waals surface area contributed by atoms with Gasteiger partial charge in [0.1, 0.15) is 0 Å². The summed E-state index contributed by atoms with van der Waals surface area (Å²) in [5.41, 5.74) is 14.7. The number of benzene rings is 4. The Kier molecular flexibility index (Phi) is 8.78. The van der Waals surface area contributed by atoms with Gasteiger partial charge in [-0.25, -0.2) is 0 Å². The van der Waals surface area contributed by atoms with Crippen molar-refractivity contribution in [2.75, 3.05) is 0 Å². The predicted molar refractivity (Wildman–Crippen MR) is 203 cm³/mol. The van der Waals surface area contributed by atoms with E-state index < -0.39 is 0 Å². The molecule has 0 saturated carbocycles. The zero-order valence-corrected chi connectivity index (χ0v) is 32.9. The molecule has 2 aliphatic carbocycles. The molecule has 0 heterocycles. The number of fused-ring (bicyclic) bond motifs is 2. The molecular weight excluding hydrogens is 686 g/mol. The molecular formula is C44H50Se2. The van der Waals surface area contributed by atoms with Crippen LogP contribution in [0.5, 0.6) is 0 Å². The summed E-state index contributed by atoms with van der Waals surface area (Å²) >= 11 is 0.866. The summed E-state index contributed by atoms with van der Waals surface area (Å²) < 4.78 is 3.06. The minimum absolute atomic E-state index is 0.146. The average Bonchev–Trinajstić information content (AvgIpc) is 3.00.